The molecule has 0 saturated heterocycles. The first-order chi connectivity index (χ1) is 12.1. The van der Waals surface area contributed by atoms with E-state index in [-0.39, 0.29) is 13.0 Å². The van der Waals surface area contributed by atoms with Gasteiger partial charge in [0.1, 0.15) is 6.04 Å². The molecular weight excluding hydrogens is 346 g/mol. The average molecular weight is 375 g/mol. The van der Waals surface area contributed by atoms with Crippen molar-refractivity contribution < 1.29 is 29.4 Å². The smallest absolute Gasteiger partial charge is 0.328 e. The number of carboxylic acid groups (broad SMARTS) is 1. The number of aliphatic hydroxyl groups is 1. The Bertz CT molecular complexity index is 497. The highest BCUT2D eigenvalue weighted by molar-refractivity contribution is 5.92. The summed E-state index contributed by atoms with van der Waals surface area (Å²) in [6.45, 7) is 2.71. The summed E-state index contributed by atoms with van der Waals surface area (Å²) in [7, 11) is 0. The zero-order valence-electron chi connectivity index (χ0n) is 15.0. The summed E-state index contributed by atoms with van der Waals surface area (Å²) in [6, 6.07) is -3.31. The molecule has 11 nitrogen and oxygen atoms in total. The molecule has 0 aliphatic heterocycles. The van der Waals surface area contributed by atoms with E-state index in [1.54, 1.807) is 0 Å². The molecule has 4 atom stereocenters. The molecule has 0 bridgehead atoms. The molecule has 0 rings (SSSR count). The Morgan fingerprint density at radius 2 is 1.65 bits per heavy atom. The summed E-state index contributed by atoms with van der Waals surface area (Å²) >= 11 is 0. The summed E-state index contributed by atoms with van der Waals surface area (Å²) in [5.41, 5.74) is 10.8. The molecule has 0 saturated carbocycles. The Morgan fingerprint density at radius 3 is 2.12 bits per heavy atom. The molecule has 0 aromatic rings. The van der Waals surface area contributed by atoms with Crippen LogP contribution in [0.2, 0.25) is 0 Å². The zero-order valence-corrected chi connectivity index (χ0v) is 15.0. The summed E-state index contributed by atoms with van der Waals surface area (Å²) in [5, 5.41) is 25.4. The van der Waals surface area contributed by atoms with Gasteiger partial charge in [0, 0.05) is 0 Å². The lowest BCUT2D eigenvalue weighted by Gasteiger charge is -2.23. The number of aliphatic hydroxyl groups excluding tert-OH is 1. The van der Waals surface area contributed by atoms with Crippen LogP contribution >= 0.6 is 0 Å². The Balaban J connectivity index is 4.86. The van der Waals surface area contributed by atoms with E-state index in [9.17, 15) is 24.3 Å². The first-order valence-electron chi connectivity index (χ1n) is 8.34. The number of hydrogen-bond acceptors (Lipinski definition) is 7. The minimum absolute atomic E-state index is 0.224. The summed E-state index contributed by atoms with van der Waals surface area (Å²) in [5.74, 6) is -3.30. The highest BCUT2D eigenvalue weighted by Crippen LogP contribution is 2.03. The second-order valence-electron chi connectivity index (χ2n) is 5.98. The van der Waals surface area contributed by atoms with Crippen LogP contribution in [0.5, 0.6) is 0 Å². The third-order valence-corrected chi connectivity index (χ3v) is 3.48. The third kappa shape index (κ3) is 9.30. The number of amides is 3. The number of unbranched alkanes of at least 4 members (excludes halogenated alkanes) is 1. The lowest BCUT2D eigenvalue weighted by Crippen LogP contribution is -2.55. The largest absolute Gasteiger partial charge is 0.480 e. The molecule has 0 radical (unpaired) electrons. The number of carbonyl (C=O) groups excluding carboxylic acids is 3. The van der Waals surface area contributed by atoms with E-state index in [1.165, 1.54) is 13.8 Å². The SMILES string of the molecule is CC(N)C(=O)NCC(=O)NC(CCCCN)C(=O)NC(C(=O)O)C(C)O. The molecule has 0 aromatic heterocycles. The van der Waals surface area contributed by atoms with Crippen molar-refractivity contribution >= 4 is 23.7 Å². The molecule has 0 fully saturated rings. The van der Waals surface area contributed by atoms with Crippen molar-refractivity contribution in [3.63, 3.8) is 0 Å². The second-order valence-corrected chi connectivity index (χ2v) is 5.98. The van der Waals surface area contributed by atoms with E-state index in [4.69, 9.17) is 16.6 Å². The van der Waals surface area contributed by atoms with Gasteiger partial charge in [-0.05, 0) is 39.7 Å². The molecule has 0 aliphatic carbocycles. The van der Waals surface area contributed by atoms with Crippen molar-refractivity contribution in [2.45, 2.75) is 57.3 Å². The normalized spacial score (nSPS) is 15.3. The van der Waals surface area contributed by atoms with Crippen LogP contribution in [-0.4, -0.2) is 71.2 Å². The van der Waals surface area contributed by atoms with Crippen molar-refractivity contribution in [1.29, 1.82) is 0 Å². The molecule has 0 aliphatic rings. The van der Waals surface area contributed by atoms with Gasteiger partial charge in [-0.15, -0.1) is 0 Å². The number of carboxylic acids is 1. The highest BCUT2D eigenvalue weighted by Gasteiger charge is 2.29. The van der Waals surface area contributed by atoms with Crippen molar-refractivity contribution in [2.75, 3.05) is 13.1 Å². The molecule has 0 aromatic carbocycles. The van der Waals surface area contributed by atoms with Gasteiger partial charge in [0.05, 0.1) is 18.7 Å². The van der Waals surface area contributed by atoms with E-state index < -0.39 is 47.9 Å². The molecule has 4 unspecified atom stereocenters. The molecule has 26 heavy (non-hydrogen) atoms. The average Bonchev–Trinajstić information content (AvgIpc) is 2.55. The predicted molar refractivity (Wildman–Crippen MR) is 92.7 cm³/mol. The number of nitrogens with two attached hydrogens (primary N) is 2. The van der Waals surface area contributed by atoms with Gasteiger partial charge in [-0.3, -0.25) is 14.4 Å². The standard InChI is InChI=1S/C15H29N5O6/c1-8(17)13(23)18-7-11(22)19-10(5-3-4-6-16)14(24)20-12(9(2)21)15(25)26/h8-10,12,21H,3-7,16-17H2,1-2H3,(H,18,23)(H,19,22)(H,20,24)(H,25,26). The topological polar surface area (TPSA) is 197 Å². The van der Waals surface area contributed by atoms with Gasteiger partial charge in [0.15, 0.2) is 6.04 Å². The Hall–Kier alpha value is -2.24. The van der Waals surface area contributed by atoms with Crippen LogP contribution in [0.25, 0.3) is 0 Å². The molecule has 150 valence electrons. The lowest BCUT2D eigenvalue weighted by molar-refractivity contribution is -0.145. The predicted octanol–water partition coefficient (Wildman–Crippen LogP) is -2.99. The maximum absolute atomic E-state index is 12.3. The van der Waals surface area contributed by atoms with Crippen LogP contribution in [0.4, 0.5) is 0 Å². The number of hydrogen-bond donors (Lipinski definition) is 7. The first kappa shape index (κ1) is 23.8. The van der Waals surface area contributed by atoms with Gasteiger partial charge in [0.2, 0.25) is 17.7 Å². The Labute approximate surface area is 151 Å². The fraction of sp³-hybridized carbons (Fsp3) is 0.733. The molecule has 11 heteroatoms. The zero-order chi connectivity index (χ0) is 20.3. The number of aliphatic carboxylic acids is 1. The minimum atomic E-state index is -1.51. The van der Waals surface area contributed by atoms with Crippen molar-refractivity contribution in [2.24, 2.45) is 11.5 Å². The minimum Gasteiger partial charge on any atom is -0.480 e. The van der Waals surface area contributed by atoms with Crippen LogP contribution < -0.4 is 27.4 Å². The number of nitrogens with one attached hydrogen (secondary N) is 3. The van der Waals surface area contributed by atoms with Gasteiger partial charge in [-0.1, -0.05) is 0 Å². The fourth-order valence-electron chi connectivity index (χ4n) is 1.98. The van der Waals surface area contributed by atoms with Crippen molar-refractivity contribution in [3.8, 4) is 0 Å². The van der Waals surface area contributed by atoms with Crippen molar-refractivity contribution in [1.82, 2.24) is 16.0 Å². The van der Waals surface area contributed by atoms with Gasteiger partial charge < -0.3 is 37.6 Å². The van der Waals surface area contributed by atoms with Gasteiger partial charge >= 0.3 is 5.97 Å². The number of rotatable bonds is 12. The first-order valence-corrected chi connectivity index (χ1v) is 8.34. The van der Waals surface area contributed by atoms with E-state index in [2.05, 4.69) is 16.0 Å². The van der Waals surface area contributed by atoms with Crippen LogP contribution in [0.3, 0.4) is 0 Å². The highest BCUT2D eigenvalue weighted by atomic mass is 16.4. The third-order valence-electron chi connectivity index (χ3n) is 3.48. The van der Waals surface area contributed by atoms with E-state index in [1.807, 2.05) is 0 Å². The van der Waals surface area contributed by atoms with Gasteiger partial charge in [0.25, 0.3) is 0 Å². The van der Waals surface area contributed by atoms with E-state index >= 15 is 0 Å². The van der Waals surface area contributed by atoms with E-state index in [0.717, 1.165) is 0 Å². The van der Waals surface area contributed by atoms with Gasteiger partial charge in [-0.25, -0.2) is 4.79 Å². The number of carbonyl (C=O) groups is 4. The summed E-state index contributed by atoms with van der Waals surface area (Å²) < 4.78 is 0. The molecule has 9 N–H and O–H groups in total. The monoisotopic (exact) mass is 375 g/mol. The Kier molecular flexibility index (Phi) is 11.1. The maximum atomic E-state index is 12.3. The maximum Gasteiger partial charge on any atom is 0.328 e. The molecular formula is C15H29N5O6. The molecule has 0 spiro atoms. The van der Waals surface area contributed by atoms with Crippen LogP contribution in [0.1, 0.15) is 33.1 Å². The summed E-state index contributed by atoms with van der Waals surface area (Å²) in [6.07, 6.45) is 0.0392. The summed E-state index contributed by atoms with van der Waals surface area (Å²) in [4.78, 5) is 46.7. The molecule has 0 heterocycles. The quantitative estimate of drug-likeness (QED) is 0.175. The van der Waals surface area contributed by atoms with Crippen LogP contribution in [0, 0.1) is 0 Å². The van der Waals surface area contributed by atoms with Gasteiger partial charge in [-0.2, -0.15) is 0 Å². The van der Waals surface area contributed by atoms with Crippen molar-refractivity contribution in [3.05, 3.63) is 0 Å². The van der Waals surface area contributed by atoms with E-state index in [0.29, 0.717) is 19.4 Å². The second kappa shape index (κ2) is 12.2. The lowest BCUT2D eigenvalue weighted by atomic mass is 10.1. The molecule has 3 amide bonds. The fourth-order valence-corrected chi connectivity index (χ4v) is 1.98. The Morgan fingerprint density at radius 1 is 1.04 bits per heavy atom. The van der Waals surface area contributed by atoms with Crippen LogP contribution in [-0.2, 0) is 19.2 Å². The van der Waals surface area contributed by atoms with Crippen LogP contribution in [0.15, 0.2) is 0 Å².